The molecule has 2 unspecified atom stereocenters. The number of aliphatic hydroxyl groups is 2. The molecule has 2 atom stereocenters. The van der Waals surface area contributed by atoms with Crippen molar-refractivity contribution >= 4 is 56.6 Å². The van der Waals surface area contributed by atoms with E-state index in [4.69, 9.17) is 23.2 Å². The predicted molar refractivity (Wildman–Crippen MR) is 186 cm³/mol. The lowest BCUT2D eigenvalue weighted by molar-refractivity contribution is 0.0519. The number of hydrogen-bond donors (Lipinski definition) is 4. The number of nitrogens with zero attached hydrogens (tertiary/aromatic N) is 2. The Morgan fingerprint density at radius 1 is 0.643 bits per heavy atom. The first-order chi connectivity index (χ1) is 19.1. The molecule has 0 heterocycles. The van der Waals surface area contributed by atoms with Crippen molar-refractivity contribution in [3.05, 3.63) is 69.7 Å². The van der Waals surface area contributed by atoms with Gasteiger partial charge in [0.2, 0.25) is 0 Å². The fraction of sp³-hybridized carbons (Fsp3) is 0.562. The summed E-state index contributed by atoms with van der Waals surface area (Å²) in [6, 6.07) is 15.3. The third kappa shape index (κ3) is 8.13. The van der Waals surface area contributed by atoms with Crippen LogP contribution < -0.4 is 0 Å². The molecule has 2 aromatic carbocycles. The smallest absolute Gasteiger partial charge is 0.0564 e. The van der Waals surface area contributed by atoms with Crippen LogP contribution in [0.1, 0.15) is 78.4 Å². The molecular formula is C32H48Cl2N2O4S2. The molecule has 0 aromatic heterocycles. The molecule has 0 bridgehead atoms. The van der Waals surface area contributed by atoms with Gasteiger partial charge in [0, 0.05) is 55.3 Å². The first-order valence-electron chi connectivity index (χ1n) is 14.1. The van der Waals surface area contributed by atoms with Gasteiger partial charge in [-0.3, -0.25) is 0 Å². The second kappa shape index (κ2) is 12.7. The molecule has 4 rings (SSSR count). The third-order valence-electron chi connectivity index (χ3n) is 8.57. The Labute approximate surface area is 265 Å². The molecule has 0 saturated heterocycles. The minimum absolute atomic E-state index is 0.271. The Hall–Kier alpha value is -1.10. The molecular weight excluding hydrogens is 611 g/mol. The average Bonchev–Trinajstić information content (AvgIpc) is 2.83. The van der Waals surface area contributed by atoms with Gasteiger partial charge in [0.25, 0.3) is 0 Å². The quantitative estimate of drug-likeness (QED) is 0.233. The molecule has 0 spiro atoms. The van der Waals surface area contributed by atoms with E-state index in [1.165, 1.54) is 0 Å². The lowest BCUT2D eigenvalue weighted by atomic mass is 9.63. The molecule has 4 N–H and O–H groups in total. The van der Waals surface area contributed by atoms with E-state index >= 15 is 0 Å². The van der Waals surface area contributed by atoms with E-state index in [1.54, 1.807) is 12.5 Å². The van der Waals surface area contributed by atoms with Gasteiger partial charge in [-0.25, -0.2) is 8.80 Å². The molecule has 0 radical (unpaired) electrons. The molecule has 2 fully saturated rings. The van der Waals surface area contributed by atoms with E-state index in [9.17, 15) is 19.3 Å². The van der Waals surface area contributed by atoms with Crippen LogP contribution in [0.15, 0.2) is 57.3 Å². The molecule has 0 aliphatic heterocycles. The number of aliphatic hydroxyl groups excluding tert-OH is 2. The van der Waals surface area contributed by atoms with Gasteiger partial charge in [0.15, 0.2) is 0 Å². The largest absolute Gasteiger partial charge is 0.393 e. The van der Waals surface area contributed by atoms with Crippen molar-refractivity contribution in [2.45, 2.75) is 99.8 Å². The first-order valence-corrected chi connectivity index (χ1v) is 18.8. The lowest BCUT2D eigenvalue weighted by Gasteiger charge is -2.45. The monoisotopic (exact) mass is 658 g/mol. The minimum atomic E-state index is -2.08. The summed E-state index contributed by atoms with van der Waals surface area (Å²) in [4.78, 5) is 0. The zero-order valence-corrected chi connectivity index (χ0v) is 29.2. The van der Waals surface area contributed by atoms with Gasteiger partial charge in [-0.1, -0.05) is 47.5 Å². The number of rotatable bonds is 6. The topological polar surface area (TPSA) is 106 Å². The summed E-state index contributed by atoms with van der Waals surface area (Å²) < 4.78 is 29.7. The summed E-state index contributed by atoms with van der Waals surface area (Å²) in [5, 5.41) is 20.9. The normalized spacial score (nSPS) is 30.7. The Morgan fingerprint density at radius 3 is 1.12 bits per heavy atom. The lowest BCUT2D eigenvalue weighted by Crippen LogP contribution is -2.46. The Balaban J connectivity index is 0.000000230. The first kappa shape index (κ1) is 35.4. The van der Waals surface area contributed by atoms with Gasteiger partial charge in [-0.05, 0) is 124 Å². The molecule has 2 aliphatic carbocycles. The number of halogens is 2. The van der Waals surface area contributed by atoms with Crippen LogP contribution >= 0.6 is 44.2 Å². The third-order valence-corrected chi connectivity index (χ3v) is 14.7. The maximum absolute atomic E-state index is 10.6. The standard InChI is InChI=1S/2C16H24ClNO2S/c2*1-15(2,3)21(4,20)18-11-16(9-14(19)10-16)12-5-7-13(17)8-6-12/h2*5-8,11,14,19-20H,9-10H2,1-4H3. The summed E-state index contributed by atoms with van der Waals surface area (Å²) in [5.41, 5.74) is 1.61. The Bertz CT molecular complexity index is 1160. The van der Waals surface area contributed by atoms with Crippen molar-refractivity contribution < 1.29 is 19.3 Å². The van der Waals surface area contributed by atoms with E-state index in [-0.39, 0.29) is 32.5 Å². The average molecular weight is 660 g/mol. The molecule has 0 amide bonds. The van der Waals surface area contributed by atoms with E-state index in [1.807, 2.05) is 103 Å². The fourth-order valence-corrected chi connectivity index (χ4v) is 6.38. The molecule has 10 heteroatoms. The van der Waals surface area contributed by atoms with Gasteiger partial charge in [0.1, 0.15) is 0 Å². The Kier molecular flexibility index (Phi) is 10.7. The predicted octanol–water partition coefficient (Wildman–Crippen LogP) is 8.85. The van der Waals surface area contributed by atoms with Gasteiger partial charge in [0.05, 0.1) is 12.2 Å². The number of benzene rings is 2. The minimum Gasteiger partial charge on any atom is -0.393 e. The highest BCUT2D eigenvalue weighted by Gasteiger charge is 2.45. The zero-order chi connectivity index (χ0) is 31.8. The summed E-state index contributed by atoms with van der Waals surface area (Å²) in [7, 11) is -4.16. The van der Waals surface area contributed by atoms with Crippen LogP contribution in [0, 0.1) is 0 Å². The highest BCUT2D eigenvalue weighted by atomic mass is 35.5. The molecule has 6 nitrogen and oxygen atoms in total. The van der Waals surface area contributed by atoms with Crippen LogP contribution in [0.5, 0.6) is 0 Å². The summed E-state index contributed by atoms with van der Waals surface area (Å²) >= 11 is 11.9. The van der Waals surface area contributed by atoms with E-state index in [0.29, 0.717) is 35.7 Å². The van der Waals surface area contributed by atoms with Crippen molar-refractivity contribution in [1.82, 2.24) is 0 Å². The van der Waals surface area contributed by atoms with Crippen LogP contribution in [0.4, 0.5) is 0 Å². The molecule has 2 saturated carbocycles. The highest BCUT2D eigenvalue weighted by Crippen LogP contribution is 2.56. The second-order valence-electron chi connectivity index (χ2n) is 13.8. The van der Waals surface area contributed by atoms with Crippen LogP contribution in [0.25, 0.3) is 0 Å². The van der Waals surface area contributed by atoms with Crippen molar-refractivity contribution in [1.29, 1.82) is 0 Å². The molecule has 236 valence electrons. The number of hydrogen-bond acceptors (Lipinski definition) is 6. The zero-order valence-electron chi connectivity index (χ0n) is 26.0. The van der Waals surface area contributed by atoms with Crippen molar-refractivity contribution in [2.75, 3.05) is 12.5 Å². The van der Waals surface area contributed by atoms with Crippen LogP contribution in [0.3, 0.4) is 0 Å². The second-order valence-corrected chi connectivity index (χ2v) is 20.9. The fourth-order valence-electron chi connectivity index (χ4n) is 4.68. The molecule has 2 aromatic rings. The molecule has 2 aliphatic rings. The maximum Gasteiger partial charge on any atom is 0.0564 e. The van der Waals surface area contributed by atoms with E-state index in [2.05, 4.69) is 8.80 Å². The van der Waals surface area contributed by atoms with E-state index in [0.717, 1.165) is 11.1 Å². The molecule has 42 heavy (non-hydrogen) atoms. The summed E-state index contributed by atoms with van der Waals surface area (Å²) in [6.45, 7) is 11.9. The van der Waals surface area contributed by atoms with Crippen LogP contribution in [-0.2, 0) is 10.8 Å². The van der Waals surface area contributed by atoms with Gasteiger partial charge >= 0.3 is 0 Å². The maximum atomic E-state index is 10.6. The summed E-state index contributed by atoms with van der Waals surface area (Å²) in [6.07, 6.45) is 9.24. The van der Waals surface area contributed by atoms with Gasteiger partial charge in [-0.2, -0.15) is 0 Å². The van der Waals surface area contributed by atoms with Crippen molar-refractivity contribution in [3.63, 3.8) is 0 Å². The van der Waals surface area contributed by atoms with Crippen LogP contribution in [0.2, 0.25) is 10.0 Å². The van der Waals surface area contributed by atoms with Crippen LogP contribution in [-0.4, -0.2) is 66.0 Å². The summed E-state index contributed by atoms with van der Waals surface area (Å²) in [5.74, 6) is 0. The SMILES string of the molecule is CC(C)(C)S(C)(O)N=CC1(c2ccc(Cl)cc2)CC(O)C1.CC(C)(C)S(C)(O)N=CC1(c2ccc(Cl)cc2)CC(O)C1. The van der Waals surface area contributed by atoms with Gasteiger partial charge < -0.3 is 19.3 Å². The van der Waals surface area contributed by atoms with Crippen molar-refractivity contribution in [2.24, 2.45) is 8.80 Å². The van der Waals surface area contributed by atoms with Gasteiger partial charge in [-0.15, -0.1) is 0 Å². The van der Waals surface area contributed by atoms with E-state index < -0.39 is 21.0 Å². The Morgan fingerprint density at radius 2 is 0.905 bits per heavy atom. The highest BCUT2D eigenvalue weighted by molar-refractivity contribution is 8.28. The van der Waals surface area contributed by atoms with Crippen molar-refractivity contribution in [3.8, 4) is 0 Å².